The number of ketones is 1. The summed E-state index contributed by atoms with van der Waals surface area (Å²) in [5.74, 6) is -0.292. The van der Waals surface area contributed by atoms with Crippen LogP contribution in [0.3, 0.4) is 0 Å². The first-order valence-corrected chi connectivity index (χ1v) is 9.55. The van der Waals surface area contributed by atoms with E-state index in [0.717, 1.165) is 29.1 Å². The second-order valence-corrected chi connectivity index (χ2v) is 8.30. The van der Waals surface area contributed by atoms with Crippen LogP contribution in [0, 0.1) is 12.3 Å². The first-order chi connectivity index (χ1) is 13.7. The van der Waals surface area contributed by atoms with E-state index >= 15 is 0 Å². The molecule has 6 heteroatoms. The number of aromatic carboxylic acids is 1. The minimum Gasteiger partial charge on any atom is -0.478 e. The molecule has 0 radical (unpaired) electrons. The summed E-state index contributed by atoms with van der Waals surface area (Å²) >= 11 is 0. The molecule has 2 aromatic heterocycles. The van der Waals surface area contributed by atoms with Crippen LogP contribution in [0.5, 0.6) is 0 Å². The van der Waals surface area contributed by atoms with Crippen LogP contribution in [0.25, 0.3) is 5.69 Å². The molecular weight excluding hydrogens is 366 g/mol. The van der Waals surface area contributed by atoms with Crippen molar-refractivity contribution in [2.75, 3.05) is 5.32 Å². The van der Waals surface area contributed by atoms with E-state index in [4.69, 9.17) is 0 Å². The minimum absolute atomic E-state index is 0.108. The molecule has 4 rings (SSSR count). The molecule has 148 valence electrons. The zero-order chi connectivity index (χ0) is 20.8. The predicted octanol–water partition coefficient (Wildman–Crippen LogP) is 4.78. The van der Waals surface area contributed by atoms with Gasteiger partial charge in [0.15, 0.2) is 5.78 Å². The highest BCUT2D eigenvalue weighted by molar-refractivity contribution is 5.99. The fourth-order valence-electron chi connectivity index (χ4n) is 4.05. The van der Waals surface area contributed by atoms with Crippen molar-refractivity contribution in [1.82, 2.24) is 9.55 Å². The van der Waals surface area contributed by atoms with Crippen molar-refractivity contribution < 1.29 is 14.7 Å². The monoisotopic (exact) mass is 389 g/mol. The number of carboxylic acids is 1. The van der Waals surface area contributed by atoms with Crippen molar-refractivity contribution in [3.8, 4) is 5.69 Å². The Hall–Kier alpha value is -3.41. The summed E-state index contributed by atoms with van der Waals surface area (Å²) in [5.41, 5.74) is 4.03. The molecule has 0 saturated carbocycles. The molecule has 2 N–H and O–H groups in total. The number of pyridine rings is 1. The van der Waals surface area contributed by atoms with Crippen LogP contribution in [-0.2, 0) is 6.42 Å². The number of aromatic nitrogens is 2. The smallest absolute Gasteiger partial charge is 0.337 e. The third kappa shape index (κ3) is 3.53. The maximum Gasteiger partial charge on any atom is 0.337 e. The Labute approximate surface area is 169 Å². The fraction of sp³-hybridized carbons (Fsp3) is 0.261. The number of Topliss-reactive ketones (excluding diaryl/α,β-unsaturated/α-hetero) is 1. The lowest BCUT2D eigenvalue weighted by atomic mass is 9.76. The molecule has 3 aromatic rings. The summed E-state index contributed by atoms with van der Waals surface area (Å²) in [5, 5.41) is 12.7. The summed E-state index contributed by atoms with van der Waals surface area (Å²) in [6, 6.07) is 12.5. The summed E-state index contributed by atoms with van der Waals surface area (Å²) in [4.78, 5) is 28.6. The number of nitrogens with zero attached hydrogens (tertiary/aromatic N) is 2. The normalized spacial score (nSPS) is 15.1. The van der Waals surface area contributed by atoms with Gasteiger partial charge in [-0.2, -0.15) is 0 Å². The number of carbonyl (C=O) groups is 2. The summed E-state index contributed by atoms with van der Waals surface area (Å²) < 4.78 is 2.06. The van der Waals surface area contributed by atoms with Gasteiger partial charge in [0.25, 0.3) is 0 Å². The van der Waals surface area contributed by atoms with Gasteiger partial charge in [-0.15, -0.1) is 0 Å². The topological polar surface area (TPSA) is 84.2 Å². The number of rotatable bonds is 4. The Bertz CT molecular complexity index is 1110. The second kappa shape index (κ2) is 6.88. The average Bonchev–Trinajstić information content (AvgIpc) is 2.97. The first kappa shape index (κ1) is 18.9. The minimum atomic E-state index is -1.02. The maximum absolute atomic E-state index is 12.6. The Kier molecular flexibility index (Phi) is 4.49. The molecule has 0 unspecified atom stereocenters. The molecule has 0 saturated heterocycles. The van der Waals surface area contributed by atoms with E-state index in [9.17, 15) is 14.7 Å². The van der Waals surface area contributed by atoms with E-state index in [1.54, 1.807) is 36.5 Å². The number of anilines is 2. The van der Waals surface area contributed by atoms with Gasteiger partial charge in [-0.25, -0.2) is 9.78 Å². The molecule has 1 aliphatic carbocycles. The van der Waals surface area contributed by atoms with Gasteiger partial charge < -0.3 is 15.0 Å². The Morgan fingerprint density at radius 1 is 1.17 bits per heavy atom. The zero-order valence-electron chi connectivity index (χ0n) is 16.7. The number of fused-ring (bicyclic) bond motifs is 1. The molecular formula is C23H23N3O3. The molecule has 0 spiro atoms. The number of aryl methyl sites for hydroxylation is 1. The average molecular weight is 389 g/mol. The van der Waals surface area contributed by atoms with Crippen LogP contribution in [-0.4, -0.2) is 26.4 Å². The summed E-state index contributed by atoms with van der Waals surface area (Å²) in [6.45, 7) is 6.17. The van der Waals surface area contributed by atoms with Crippen molar-refractivity contribution in [3.63, 3.8) is 0 Å². The molecule has 1 aliphatic rings. The molecule has 1 aromatic carbocycles. The molecule has 29 heavy (non-hydrogen) atoms. The number of carbonyl (C=O) groups excluding carboxylic acids is 1. The third-order valence-corrected chi connectivity index (χ3v) is 5.29. The lowest BCUT2D eigenvalue weighted by Gasteiger charge is -2.30. The Morgan fingerprint density at radius 2 is 1.97 bits per heavy atom. The van der Waals surface area contributed by atoms with E-state index in [-0.39, 0.29) is 16.8 Å². The van der Waals surface area contributed by atoms with Crippen molar-refractivity contribution in [3.05, 3.63) is 71.2 Å². The van der Waals surface area contributed by atoms with E-state index < -0.39 is 5.97 Å². The molecule has 6 nitrogen and oxygen atoms in total. The van der Waals surface area contributed by atoms with E-state index in [2.05, 4.69) is 28.7 Å². The van der Waals surface area contributed by atoms with Crippen LogP contribution >= 0.6 is 0 Å². The van der Waals surface area contributed by atoms with Crippen molar-refractivity contribution in [2.45, 2.75) is 33.6 Å². The van der Waals surface area contributed by atoms with Crippen LogP contribution in [0.4, 0.5) is 11.5 Å². The largest absolute Gasteiger partial charge is 0.478 e. The van der Waals surface area contributed by atoms with E-state index in [1.165, 1.54) is 0 Å². The molecule has 2 heterocycles. The van der Waals surface area contributed by atoms with Gasteiger partial charge in [-0.1, -0.05) is 19.9 Å². The van der Waals surface area contributed by atoms with Gasteiger partial charge in [0, 0.05) is 35.3 Å². The van der Waals surface area contributed by atoms with E-state index in [1.807, 2.05) is 19.1 Å². The van der Waals surface area contributed by atoms with Gasteiger partial charge in [0.2, 0.25) is 0 Å². The van der Waals surface area contributed by atoms with Crippen molar-refractivity contribution in [1.29, 1.82) is 0 Å². The Balaban J connectivity index is 1.84. The van der Waals surface area contributed by atoms with E-state index in [0.29, 0.717) is 17.9 Å². The van der Waals surface area contributed by atoms with Crippen LogP contribution in [0.1, 0.15) is 52.4 Å². The standard InChI is InChI=1S/C23H23N3O3/c1-14-10-17-19(12-23(2,3)13-20(17)27)26(14)15-7-8-16(22(28)29)18(11-15)25-21-6-4-5-9-24-21/h4-11H,12-13H2,1-3H3,(H,24,25)(H,28,29). The number of nitrogens with one attached hydrogen (secondary N) is 1. The first-order valence-electron chi connectivity index (χ1n) is 9.55. The van der Waals surface area contributed by atoms with Crippen LogP contribution in [0.2, 0.25) is 0 Å². The molecule has 0 bridgehead atoms. The molecule has 0 amide bonds. The number of hydrogen-bond acceptors (Lipinski definition) is 4. The quantitative estimate of drug-likeness (QED) is 0.671. The summed E-state index contributed by atoms with van der Waals surface area (Å²) in [6.07, 6.45) is 2.96. The molecule has 0 atom stereocenters. The SMILES string of the molecule is Cc1cc2c(n1-c1ccc(C(=O)O)c(Nc3ccccn3)c1)CC(C)(C)CC2=O. The zero-order valence-corrected chi connectivity index (χ0v) is 16.7. The van der Waals surface area contributed by atoms with Gasteiger partial charge in [-0.3, -0.25) is 4.79 Å². The Morgan fingerprint density at radius 3 is 2.66 bits per heavy atom. The van der Waals surface area contributed by atoms with Crippen molar-refractivity contribution in [2.24, 2.45) is 5.41 Å². The highest BCUT2D eigenvalue weighted by atomic mass is 16.4. The number of hydrogen-bond donors (Lipinski definition) is 2. The molecule has 0 aliphatic heterocycles. The fourth-order valence-corrected chi connectivity index (χ4v) is 4.05. The highest BCUT2D eigenvalue weighted by Crippen LogP contribution is 2.38. The summed E-state index contributed by atoms with van der Waals surface area (Å²) in [7, 11) is 0. The lowest BCUT2D eigenvalue weighted by molar-refractivity contribution is 0.0697. The van der Waals surface area contributed by atoms with Crippen molar-refractivity contribution >= 4 is 23.3 Å². The number of benzene rings is 1. The molecule has 0 fully saturated rings. The highest BCUT2D eigenvalue weighted by Gasteiger charge is 2.34. The predicted molar refractivity (Wildman–Crippen MR) is 111 cm³/mol. The second-order valence-electron chi connectivity index (χ2n) is 8.30. The van der Waals surface area contributed by atoms with Crippen LogP contribution < -0.4 is 5.32 Å². The number of carboxylic acid groups (broad SMARTS) is 1. The third-order valence-electron chi connectivity index (χ3n) is 5.29. The van der Waals surface area contributed by atoms with Gasteiger partial charge in [0.05, 0.1) is 11.3 Å². The van der Waals surface area contributed by atoms with Gasteiger partial charge in [-0.05, 0) is 55.2 Å². The van der Waals surface area contributed by atoms with Gasteiger partial charge in [0.1, 0.15) is 5.82 Å². The maximum atomic E-state index is 12.6. The van der Waals surface area contributed by atoms with Gasteiger partial charge >= 0.3 is 5.97 Å². The van der Waals surface area contributed by atoms with Crippen LogP contribution in [0.15, 0.2) is 48.7 Å². The lowest BCUT2D eigenvalue weighted by Crippen LogP contribution is -2.27.